The van der Waals surface area contributed by atoms with Gasteiger partial charge in [-0.3, -0.25) is 4.74 Å². The molecule has 0 aromatic rings. The zero-order valence-corrected chi connectivity index (χ0v) is 28.9. The van der Waals surface area contributed by atoms with Gasteiger partial charge in [0.05, 0.1) is 12.7 Å². The Labute approximate surface area is 252 Å². The summed E-state index contributed by atoms with van der Waals surface area (Å²) in [5.74, 6) is -0.0242. The Kier molecular flexibility index (Phi) is 24.1. The smallest absolute Gasteiger partial charge is 0.458 e. The van der Waals surface area contributed by atoms with Crippen LogP contribution in [0.4, 0.5) is 0 Å². The second-order valence-corrected chi connectivity index (χ2v) is 15.2. The van der Waals surface area contributed by atoms with E-state index in [0.717, 1.165) is 31.4 Å². The maximum atomic E-state index is 13.0. The molecule has 0 rings (SSSR count). The van der Waals surface area contributed by atoms with E-state index in [4.69, 9.17) is 14.0 Å². The Morgan fingerprint density at radius 3 is 1.80 bits per heavy atom. The molecular weight excluding hydrogens is 543 g/mol. The number of ether oxygens (including phenoxy) is 2. The van der Waals surface area contributed by atoms with E-state index in [9.17, 15) is 14.5 Å². The number of unbranched alkanes of at least 4 members (excludes halogenated alkanes) is 13. The topological polar surface area (TPSA) is 82.1 Å². The molecular formula is C32H64O6PS+. The van der Waals surface area contributed by atoms with Gasteiger partial charge in [0.2, 0.25) is 0 Å². The molecule has 238 valence electrons. The van der Waals surface area contributed by atoms with Crippen LogP contribution < -0.4 is 0 Å². The lowest BCUT2D eigenvalue weighted by Crippen LogP contribution is -2.45. The van der Waals surface area contributed by atoms with Crippen LogP contribution in [0.3, 0.4) is 0 Å². The number of aliphatic hydroxyl groups is 1. The number of esters is 1. The van der Waals surface area contributed by atoms with Crippen molar-refractivity contribution in [3.8, 4) is 0 Å². The van der Waals surface area contributed by atoms with E-state index in [0.29, 0.717) is 6.42 Å². The van der Waals surface area contributed by atoms with Gasteiger partial charge in [0, 0.05) is 5.25 Å². The zero-order valence-electron chi connectivity index (χ0n) is 27.1. The van der Waals surface area contributed by atoms with Crippen molar-refractivity contribution in [2.75, 3.05) is 19.0 Å². The molecule has 4 atom stereocenters. The van der Waals surface area contributed by atoms with Crippen molar-refractivity contribution in [2.24, 2.45) is 5.41 Å². The molecule has 1 N–H and O–H groups in total. The average Bonchev–Trinajstić information content (AvgIpc) is 2.91. The molecule has 0 aliphatic carbocycles. The molecule has 0 aliphatic rings. The van der Waals surface area contributed by atoms with Crippen molar-refractivity contribution in [1.29, 1.82) is 0 Å². The second-order valence-electron chi connectivity index (χ2n) is 12.5. The van der Waals surface area contributed by atoms with E-state index in [-0.39, 0.29) is 23.9 Å². The molecule has 0 fully saturated rings. The van der Waals surface area contributed by atoms with Crippen LogP contribution >= 0.6 is 19.8 Å². The van der Waals surface area contributed by atoms with Gasteiger partial charge in [-0.1, -0.05) is 131 Å². The minimum atomic E-state index is -2.83. The Morgan fingerprint density at radius 2 is 1.30 bits per heavy atom. The van der Waals surface area contributed by atoms with Crippen LogP contribution in [0.2, 0.25) is 0 Å². The first kappa shape index (κ1) is 39.8. The van der Waals surface area contributed by atoms with Gasteiger partial charge in [0.1, 0.15) is 6.61 Å². The second kappa shape index (κ2) is 24.3. The number of hydrogen-bond donors (Lipinski definition) is 1. The van der Waals surface area contributed by atoms with Crippen LogP contribution in [0.5, 0.6) is 0 Å². The minimum Gasteiger partial charge on any atom is -0.458 e. The van der Waals surface area contributed by atoms with Crippen LogP contribution in [0.1, 0.15) is 158 Å². The van der Waals surface area contributed by atoms with Gasteiger partial charge in [-0.05, 0) is 41.9 Å². The minimum absolute atomic E-state index is 0.0803. The van der Waals surface area contributed by atoms with Gasteiger partial charge >= 0.3 is 19.5 Å². The predicted octanol–water partition coefficient (Wildman–Crippen LogP) is 10.2. The molecule has 0 aromatic heterocycles. The molecule has 0 radical (unpaired) electrons. The predicted molar refractivity (Wildman–Crippen MR) is 171 cm³/mol. The van der Waals surface area contributed by atoms with Crippen molar-refractivity contribution < 1.29 is 28.5 Å². The highest BCUT2D eigenvalue weighted by Crippen LogP contribution is 2.43. The third-order valence-corrected chi connectivity index (χ3v) is 9.63. The van der Waals surface area contributed by atoms with Crippen molar-refractivity contribution >= 4 is 25.8 Å². The van der Waals surface area contributed by atoms with Crippen LogP contribution in [0.15, 0.2) is 0 Å². The highest BCUT2D eigenvalue weighted by atomic mass is 32.2. The van der Waals surface area contributed by atoms with Gasteiger partial charge in [-0.15, -0.1) is 4.52 Å². The van der Waals surface area contributed by atoms with E-state index in [2.05, 4.69) is 13.8 Å². The Hall–Kier alpha value is -0.200. The van der Waals surface area contributed by atoms with Crippen molar-refractivity contribution in [3.63, 3.8) is 0 Å². The van der Waals surface area contributed by atoms with Gasteiger partial charge in [0.15, 0.2) is 0 Å². The summed E-state index contributed by atoms with van der Waals surface area (Å²) in [5, 5.41) is 11.4. The molecule has 0 aromatic carbocycles. The highest BCUT2D eigenvalue weighted by Gasteiger charge is 2.62. The fourth-order valence-corrected chi connectivity index (χ4v) is 6.69. The van der Waals surface area contributed by atoms with Crippen molar-refractivity contribution in [3.05, 3.63) is 0 Å². The summed E-state index contributed by atoms with van der Waals surface area (Å²) < 4.78 is 29.7. The first-order valence-corrected chi connectivity index (χ1v) is 18.5. The summed E-state index contributed by atoms with van der Waals surface area (Å²) in [6, 6.07) is 0. The third-order valence-electron chi connectivity index (χ3n) is 6.86. The molecule has 0 saturated heterocycles. The lowest BCUT2D eigenvalue weighted by Gasteiger charge is -2.27. The lowest BCUT2D eigenvalue weighted by atomic mass is 9.99. The molecule has 40 heavy (non-hydrogen) atoms. The Bertz CT molecular complexity index is 641. The largest absolute Gasteiger partial charge is 0.589 e. The molecule has 0 aliphatic heterocycles. The summed E-state index contributed by atoms with van der Waals surface area (Å²) in [6.07, 6.45) is 19.9. The number of rotatable bonds is 27. The Balaban J connectivity index is 5.16. The number of thioether (sulfide) groups is 1. The van der Waals surface area contributed by atoms with Crippen molar-refractivity contribution in [2.45, 2.75) is 175 Å². The standard InChI is InChI=1S/C32H64O6PS/c1-8-11-13-15-17-18-19-21-23-26-40-29(24-22-20-16-14-12-9-2)28(4)38-32(34,39(35)37-25-10-3)30(33)36-27-31(5,6)7/h28-29,34H,8-27H2,1-7H3/q+1. The monoisotopic (exact) mass is 607 g/mol. The third kappa shape index (κ3) is 19.8. The fraction of sp³-hybridized carbons (Fsp3) is 0.969. The Morgan fingerprint density at radius 1 is 0.800 bits per heavy atom. The quantitative estimate of drug-likeness (QED) is 0.0430. The molecule has 6 nitrogen and oxygen atoms in total. The summed E-state index contributed by atoms with van der Waals surface area (Å²) in [4.78, 5) is 13.0. The first-order valence-electron chi connectivity index (χ1n) is 16.3. The van der Waals surface area contributed by atoms with E-state index in [1.54, 1.807) is 0 Å². The fourth-order valence-electron chi connectivity index (χ4n) is 4.37. The summed E-state index contributed by atoms with van der Waals surface area (Å²) in [5.41, 5.74) is -2.92. The van der Waals surface area contributed by atoms with E-state index >= 15 is 0 Å². The summed E-state index contributed by atoms with van der Waals surface area (Å²) in [6.45, 7) is 14.2. The van der Waals surface area contributed by atoms with Gasteiger partial charge < -0.3 is 9.84 Å². The molecule has 4 unspecified atom stereocenters. The number of hydrogen-bond acceptors (Lipinski definition) is 7. The van der Waals surface area contributed by atoms with Crippen LogP contribution in [0.25, 0.3) is 0 Å². The summed E-state index contributed by atoms with van der Waals surface area (Å²) >= 11 is 1.85. The summed E-state index contributed by atoms with van der Waals surface area (Å²) in [7, 11) is -2.83. The van der Waals surface area contributed by atoms with Crippen molar-refractivity contribution in [1.82, 2.24) is 0 Å². The molecule has 0 bridgehead atoms. The molecule has 0 saturated carbocycles. The van der Waals surface area contributed by atoms with Gasteiger partial charge in [-0.2, -0.15) is 11.8 Å². The van der Waals surface area contributed by atoms with E-state index in [1.807, 2.05) is 46.4 Å². The van der Waals surface area contributed by atoms with Gasteiger partial charge in [-0.25, -0.2) is 4.79 Å². The maximum Gasteiger partial charge on any atom is 0.589 e. The average molecular weight is 608 g/mol. The lowest BCUT2D eigenvalue weighted by molar-refractivity contribution is -0.211. The van der Waals surface area contributed by atoms with Crippen LogP contribution in [-0.2, 0) is 23.4 Å². The van der Waals surface area contributed by atoms with Crippen LogP contribution in [0, 0.1) is 5.41 Å². The molecule has 0 amide bonds. The molecule has 8 heteroatoms. The first-order chi connectivity index (χ1) is 19.0. The molecule has 0 heterocycles. The highest BCUT2D eigenvalue weighted by molar-refractivity contribution is 7.99. The molecule has 0 spiro atoms. The number of carbonyl (C=O) groups is 1. The van der Waals surface area contributed by atoms with E-state index in [1.165, 1.54) is 77.0 Å². The van der Waals surface area contributed by atoms with E-state index < -0.39 is 25.6 Å². The normalized spacial score (nSPS) is 15.4. The van der Waals surface area contributed by atoms with Gasteiger partial charge in [0.25, 0.3) is 0 Å². The number of carbonyl (C=O) groups excluding carboxylic acids is 1. The SMILES string of the molecule is CCCCCCCCCCCSC(CCCCCCCC)C(C)OC(O)(C(=O)OCC(C)(C)C)[P+](=O)OCCC. The maximum absolute atomic E-state index is 13.0. The van der Waals surface area contributed by atoms with Crippen LogP contribution in [-0.4, -0.2) is 46.9 Å². The zero-order chi connectivity index (χ0) is 30.3.